The van der Waals surface area contributed by atoms with E-state index >= 15 is 0 Å². The van der Waals surface area contributed by atoms with Crippen LogP contribution < -0.4 is 9.47 Å². The van der Waals surface area contributed by atoms with Gasteiger partial charge in [-0.3, -0.25) is 0 Å². The summed E-state index contributed by atoms with van der Waals surface area (Å²) in [4.78, 5) is 0. The summed E-state index contributed by atoms with van der Waals surface area (Å²) in [6.07, 6.45) is 2.07. The Kier molecular flexibility index (Phi) is 8.13. The van der Waals surface area contributed by atoms with E-state index in [2.05, 4.69) is 39.0 Å². The van der Waals surface area contributed by atoms with E-state index in [1.807, 2.05) is 31.2 Å². The van der Waals surface area contributed by atoms with Crippen molar-refractivity contribution in [3.63, 3.8) is 0 Å². The Labute approximate surface area is 135 Å². The maximum atomic E-state index is 5.43. The number of ether oxygens (including phenoxy) is 2. The summed E-state index contributed by atoms with van der Waals surface area (Å²) >= 11 is 0. The summed E-state index contributed by atoms with van der Waals surface area (Å²) in [5, 5.41) is 0. The monoisotopic (exact) mass is 300 g/mol. The summed E-state index contributed by atoms with van der Waals surface area (Å²) in [7, 11) is 1.71. The minimum atomic E-state index is 0.747. The quantitative estimate of drug-likeness (QED) is 0.754. The Morgan fingerprint density at radius 3 is 2.09 bits per heavy atom. The zero-order chi connectivity index (χ0) is 16.4. The van der Waals surface area contributed by atoms with Gasteiger partial charge in [0.1, 0.15) is 11.5 Å². The molecule has 0 amide bonds. The van der Waals surface area contributed by atoms with Crippen LogP contribution in [0.1, 0.15) is 37.5 Å². The molecule has 0 atom stereocenters. The fraction of sp³-hybridized carbons (Fsp3) is 0.400. The van der Waals surface area contributed by atoms with Gasteiger partial charge in [0.2, 0.25) is 0 Å². The van der Waals surface area contributed by atoms with E-state index in [0.29, 0.717) is 0 Å². The van der Waals surface area contributed by atoms with Gasteiger partial charge in [-0.1, -0.05) is 49.7 Å². The Balaban J connectivity index is 0.000000220. The first kappa shape index (κ1) is 18.1. The minimum absolute atomic E-state index is 0.747. The molecule has 22 heavy (non-hydrogen) atoms. The lowest BCUT2D eigenvalue weighted by Crippen LogP contribution is -1.94. The topological polar surface area (TPSA) is 18.5 Å². The third kappa shape index (κ3) is 5.44. The molecule has 0 aliphatic heterocycles. The van der Waals surface area contributed by atoms with E-state index in [1.165, 1.54) is 16.7 Å². The highest BCUT2D eigenvalue weighted by Crippen LogP contribution is 2.19. The predicted molar refractivity (Wildman–Crippen MR) is 94.1 cm³/mol. The molecule has 0 bridgehead atoms. The van der Waals surface area contributed by atoms with E-state index in [-0.39, 0.29) is 0 Å². The van der Waals surface area contributed by atoms with Crippen molar-refractivity contribution < 1.29 is 9.47 Å². The van der Waals surface area contributed by atoms with Gasteiger partial charge < -0.3 is 9.47 Å². The van der Waals surface area contributed by atoms with Crippen molar-refractivity contribution in [2.75, 3.05) is 13.7 Å². The molecule has 0 unspecified atom stereocenters. The number of benzene rings is 2. The molecule has 0 fully saturated rings. The van der Waals surface area contributed by atoms with Crippen molar-refractivity contribution in [1.29, 1.82) is 0 Å². The third-order valence-corrected chi connectivity index (χ3v) is 3.47. The maximum Gasteiger partial charge on any atom is 0.122 e. The molecule has 2 aromatic carbocycles. The smallest absolute Gasteiger partial charge is 0.122 e. The lowest BCUT2D eigenvalue weighted by Gasteiger charge is -2.06. The summed E-state index contributed by atoms with van der Waals surface area (Å²) < 4.78 is 10.6. The highest BCUT2D eigenvalue weighted by atomic mass is 16.5. The molecule has 0 saturated carbocycles. The molecule has 2 nitrogen and oxygen atoms in total. The molecular formula is C20H28O2. The second-order valence-corrected chi connectivity index (χ2v) is 5.06. The average Bonchev–Trinajstić information content (AvgIpc) is 2.56. The number of methoxy groups -OCH3 is 1. The molecule has 0 aliphatic carbocycles. The van der Waals surface area contributed by atoms with Crippen molar-refractivity contribution >= 4 is 0 Å². The van der Waals surface area contributed by atoms with E-state index in [4.69, 9.17) is 9.47 Å². The Hall–Kier alpha value is -1.96. The first-order chi connectivity index (χ1) is 10.7. The highest BCUT2D eigenvalue weighted by Gasteiger charge is 1.99. The summed E-state index contributed by atoms with van der Waals surface area (Å²) in [5.74, 6) is 2.02. The highest BCUT2D eigenvalue weighted by molar-refractivity contribution is 5.36. The average molecular weight is 300 g/mol. The summed E-state index contributed by atoms with van der Waals surface area (Å²) in [6.45, 7) is 9.12. The van der Waals surface area contributed by atoms with Gasteiger partial charge in [-0.05, 0) is 49.9 Å². The zero-order valence-electron chi connectivity index (χ0n) is 14.5. The molecule has 120 valence electrons. The van der Waals surface area contributed by atoms with E-state index < -0.39 is 0 Å². The Morgan fingerprint density at radius 1 is 0.818 bits per heavy atom. The van der Waals surface area contributed by atoms with Gasteiger partial charge in [0.15, 0.2) is 0 Å². The van der Waals surface area contributed by atoms with Crippen molar-refractivity contribution in [2.24, 2.45) is 0 Å². The lowest BCUT2D eigenvalue weighted by molar-refractivity contribution is 0.337. The van der Waals surface area contributed by atoms with Gasteiger partial charge >= 0.3 is 0 Å². The molecule has 2 rings (SSSR count). The fourth-order valence-corrected chi connectivity index (χ4v) is 2.28. The van der Waals surface area contributed by atoms with Crippen LogP contribution in [0.4, 0.5) is 0 Å². The summed E-state index contributed by atoms with van der Waals surface area (Å²) in [5.41, 5.74) is 3.87. The standard InChI is InChI=1S/2C10H14O/c1-4-9-7-8(2)5-6-10(9)11-3;1-3-9-7-5-6-8-10(9)11-4-2/h5-7H,4H2,1-3H3;5-8H,3-4H2,1-2H3. The number of para-hydroxylation sites is 1. The van der Waals surface area contributed by atoms with Crippen LogP contribution >= 0.6 is 0 Å². The largest absolute Gasteiger partial charge is 0.496 e. The number of aryl methyl sites for hydroxylation is 3. The first-order valence-electron chi connectivity index (χ1n) is 8.00. The second kappa shape index (κ2) is 9.88. The first-order valence-corrected chi connectivity index (χ1v) is 8.00. The van der Waals surface area contributed by atoms with Crippen molar-refractivity contribution in [2.45, 2.75) is 40.5 Å². The van der Waals surface area contributed by atoms with Crippen molar-refractivity contribution in [3.8, 4) is 11.5 Å². The van der Waals surface area contributed by atoms with Gasteiger partial charge in [-0.15, -0.1) is 0 Å². The molecule has 0 heterocycles. The lowest BCUT2D eigenvalue weighted by atomic mass is 10.1. The molecule has 0 aromatic heterocycles. The van der Waals surface area contributed by atoms with E-state index in [9.17, 15) is 0 Å². The van der Waals surface area contributed by atoms with Gasteiger partial charge in [-0.25, -0.2) is 0 Å². The van der Waals surface area contributed by atoms with Crippen LogP contribution in [-0.2, 0) is 12.8 Å². The van der Waals surface area contributed by atoms with Gasteiger partial charge in [0, 0.05) is 0 Å². The Morgan fingerprint density at radius 2 is 1.50 bits per heavy atom. The molecule has 0 saturated heterocycles. The number of hydrogen-bond donors (Lipinski definition) is 0. The molecule has 0 aliphatic rings. The van der Waals surface area contributed by atoms with E-state index in [0.717, 1.165) is 30.9 Å². The fourth-order valence-electron chi connectivity index (χ4n) is 2.28. The van der Waals surface area contributed by atoms with Crippen LogP contribution in [-0.4, -0.2) is 13.7 Å². The van der Waals surface area contributed by atoms with Gasteiger partial charge in [0.05, 0.1) is 13.7 Å². The molecule has 0 spiro atoms. The van der Waals surface area contributed by atoms with Gasteiger partial charge in [0.25, 0.3) is 0 Å². The third-order valence-electron chi connectivity index (χ3n) is 3.47. The molecule has 2 aromatic rings. The molecule has 0 N–H and O–H groups in total. The molecular weight excluding hydrogens is 272 g/mol. The Bertz CT molecular complexity index is 561. The SMILES string of the molecule is CCOc1ccccc1CC.CCc1cc(C)ccc1OC. The predicted octanol–water partition coefficient (Wildman–Crippen LogP) is 5.21. The zero-order valence-corrected chi connectivity index (χ0v) is 14.5. The van der Waals surface area contributed by atoms with Crippen LogP contribution in [0, 0.1) is 6.92 Å². The number of rotatable bonds is 5. The maximum absolute atomic E-state index is 5.43. The second-order valence-electron chi connectivity index (χ2n) is 5.06. The van der Waals surface area contributed by atoms with Crippen molar-refractivity contribution in [1.82, 2.24) is 0 Å². The van der Waals surface area contributed by atoms with Crippen LogP contribution in [0.15, 0.2) is 42.5 Å². The van der Waals surface area contributed by atoms with Crippen molar-refractivity contribution in [3.05, 3.63) is 59.2 Å². The van der Waals surface area contributed by atoms with E-state index in [1.54, 1.807) is 7.11 Å². The summed E-state index contributed by atoms with van der Waals surface area (Å²) in [6, 6.07) is 14.4. The van der Waals surface area contributed by atoms with Gasteiger partial charge in [-0.2, -0.15) is 0 Å². The van der Waals surface area contributed by atoms with Crippen LogP contribution in [0.2, 0.25) is 0 Å². The minimum Gasteiger partial charge on any atom is -0.496 e. The number of hydrogen-bond acceptors (Lipinski definition) is 2. The van der Waals surface area contributed by atoms with Crippen LogP contribution in [0.25, 0.3) is 0 Å². The van der Waals surface area contributed by atoms with Crippen LogP contribution in [0.3, 0.4) is 0 Å². The molecule has 2 heteroatoms. The normalized spacial score (nSPS) is 9.68. The van der Waals surface area contributed by atoms with Crippen LogP contribution in [0.5, 0.6) is 11.5 Å². The molecule has 0 radical (unpaired) electrons.